The van der Waals surface area contributed by atoms with Crippen LogP contribution in [-0.2, 0) is 0 Å². The molecule has 2 saturated heterocycles. The number of halogens is 2. The van der Waals surface area contributed by atoms with Crippen molar-refractivity contribution in [2.24, 2.45) is 0 Å². The van der Waals surface area contributed by atoms with E-state index in [1.54, 1.807) is 36.7 Å². The average Bonchev–Trinajstić information content (AvgIpc) is 4.28. The zero-order valence-corrected chi connectivity index (χ0v) is 40.1. The maximum atomic E-state index is 14.5. The number of aromatic nitrogens is 4. The molecular weight excluding hydrogens is 867 g/mol. The molecule has 2 aromatic heterocycles. The zero-order chi connectivity index (χ0) is 47.6. The summed E-state index contributed by atoms with van der Waals surface area (Å²) in [4.78, 5) is 57.8. The predicted molar refractivity (Wildman–Crippen MR) is 259 cm³/mol. The Morgan fingerprint density at radius 1 is 0.544 bits per heavy atom. The lowest BCUT2D eigenvalue weighted by atomic mass is 9.91. The smallest absolute Gasteiger partial charge is 0.273 e. The summed E-state index contributed by atoms with van der Waals surface area (Å²) in [5.74, 6) is 0.662. The molecule has 16 heteroatoms. The molecule has 10 rings (SSSR count). The number of nitrogens with zero attached hydrogens (tertiary/aromatic N) is 10. The number of hydrogen-bond acceptors (Lipinski definition) is 12. The summed E-state index contributed by atoms with van der Waals surface area (Å²) in [6.07, 6.45) is 13.4. The van der Waals surface area contributed by atoms with Gasteiger partial charge in [-0.2, -0.15) is 0 Å². The second-order valence-electron chi connectivity index (χ2n) is 20.2. The number of carbonyl (C=O) groups is 2. The lowest BCUT2D eigenvalue weighted by molar-refractivity contribution is 0.0467. The third-order valence-corrected chi connectivity index (χ3v) is 14.8. The Bertz CT molecular complexity index is 2240. The topological polar surface area (TPSA) is 146 Å². The normalized spacial score (nSPS) is 25.4. The summed E-state index contributed by atoms with van der Waals surface area (Å²) in [5.41, 5.74) is 3.93. The van der Waals surface area contributed by atoms with Crippen molar-refractivity contribution in [2.45, 2.75) is 153 Å². The molecule has 6 fully saturated rings. The molecule has 2 N–H and O–H groups in total. The monoisotopic (exact) mass is 935 g/mol. The Morgan fingerprint density at radius 3 is 1.22 bits per heavy atom. The van der Waals surface area contributed by atoms with Crippen LogP contribution in [0.5, 0.6) is 0 Å². The molecule has 68 heavy (non-hydrogen) atoms. The summed E-state index contributed by atoms with van der Waals surface area (Å²) in [7, 11) is 0. The number of piperazine rings is 2. The van der Waals surface area contributed by atoms with Crippen molar-refractivity contribution in [1.82, 2.24) is 29.7 Å². The van der Waals surface area contributed by atoms with Crippen LogP contribution in [0.4, 0.5) is 32.1 Å². The van der Waals surface area contributed by atoms with Gasteiger partial charge >= 0.3 is 0 Å². The van der Waals surface area contributed by atoms with E-state index in [1.165, 1.54) is 0 Å². The fraction of sp³-hybridized carbons (Fsp3) is 0.577. The van der Waals surface area contributed by atoms with Crippen molar-refractivity contribution in [3.8, 4) is 0 Å². The van der Waals surface area contributed by atoms with E-state index in [2.05, 4.69) is 43.4 Å². The molecule has 4 heterocycles. The molecule has 2 amide bonds. The van der Waals surface area contributed by atoms with Crippen LogP contribution >= 0.6 is 0 Å². The molecule has 2 atom stereocenters. The standard InChI is InChI=1S/2C26H34FN5O2/c2*1-17-3-10-24(22(27)15-17)30-13-14-31(18(2)16-30)26-28-12-11-23(29-26)25(34)32(19-4-5-19)20-6-8-21(33)9-7-20/h2*3,10-12,15,18-21,33H,4-9,13-14,16H2,1-2H3/t2*18-,20?,21?/m11/s1. The van der Waals surface area contributed by atoms with Gasteiger partial charge in [-0.1, -0.05) is 12.1 Å². The van der Waals surface area contributed by atoms with Gasteiger partial charge in [-0.15, -0.1) is 0 Å². The summed E-state index contributed by atoms with van der Waals surface area (Å²) < 4.78 is 29.0. The van der Waals surface area contributed by atoms with Gasteiger partial charge in [0.05, 0.1) is 23.6 Å². The summed E-state index contributed by atoms with van der Waals surface area (Å²) in [6, 6.07) is 15.2. The van der Waals surface area contributed by atoms with E-state index >= 15 is 0 Å². The molecule has 4 aliphatic carbocycles. The maximum absolute atomic E-state index is 14.5. The van der Waals surface area contributed by atoms with Gasteiger partial charge in [-0.25, -0.2) is 28.7 Å². The van der Waals surface area contributed by atoms with E-state index in [0.717, 1.165) is 88.2 Å². The molecule has 6 aliphatic rings. The number of aryl methyl sites for hydroxylation is 2. The molecule has 2 aromatic carbocycles. The number of hydrogen-bond donors (Lipinski definition) is 2. The third kappa shape index (κ3) is 10.9. The first-order chi connectivity index (χ1) is 32.8. The molecule has 4 saturated carbocycles. The maximum Gasteiger partial charge on any atom is 0.273 e. The Morgan fingerprint density at radius 2 is 0.897 bits per heavy atom. The van der Waals surface area contributed by atoms with Crippen LogP contribution in [0.25, 0.3) is 0 Å². The highest BCUT2D eigenvalue weighted by Gasteiger charge is 2.41. The number of aliphatic hydroxyl groups excluding tert-OH is 2. The van der Waals surface area contributed by atoms with Gasteiger partial charge in [-0.05, 0) is 152 Å². The van der Waals surface area contributed by atoms with Crippen LogP contribution in [0.1, 0.15) is 123 Å². The van der Waals surface area contributed by atoms with Gasteiger partial charge < -0.3 is 39.6 Å². The van der Waals surface area contributed by atoms with Crippen molar-refractivity contribution in [3.63, 3.8) is 0 Å². The molecule has 0 radical (unpaired) electrons. The van der Waals surface area contributed by atoms with Gasteiger partial charge in [0.2, 0.25) is 11.9 Å². The van der Waals surface area contributed by atoms with Gasteiger partial charge in [0.1, 0.15) is 23.0 Å². The molecule has 0 bridgehead atoms. The van der Waals surface area contributed by atoms with E-state index in [0.29, 0.717) is 73.9 Å². The van der Waals surface area contributed by atoms with Crippen molar-refractivity contribution in [1.29, 1.82) is 0 Å². The van der Waals surface area contributed by atoms with Crippen LogP contribution in [0, 0.1) is 25.5 Å². The Hall–Kier alpha value is -5.48. The quantitative estimate of drug-likeness (QED) is 0.168. The van der Waals surface area contributed by atoms with E-state index in [9.17, 15) is 28.6 Å². The predicted octanol–water partition coefficient (Wildman–Crippen LogP) is 7.09. The Balaban J connectivity index is 0.000000170. The average molecular weight is 935 g/mol. The first kappa shape index (κ1) is 47.6. The number of amides is 2. The van der Waals surface area contributed by atoms with Gasteiger partial charge in [0.15, 0.2) is 0 Å². The summed E-state index contributed by atoms with van der Waals surface area (Å²) >= 11 is 0. The molecule has 0 unspecified atom stereocenters. The minimum atomic E-state index is -0.244. The van der Waals surface area contributed by atoms with Crippen molar-refractivity contribution >= 4 is 35.1 Å². The molecular formula is C52H68F2N10O4. The first-order valence-corrected chi connectivity index (χ1v) is 25.0. The lowest BCUT2D eigenvalue weighted by Gasteiger charge is -2.41. The molecule has 4 aromatic rings. The summed E-state index contributed by atoms with van der Waals surface area (Å²) in [5, 5.41) is 19.8. The minimum absolute atomic E-state index is 0.0273. The van der Waals surface area contributed by atoms with Crippen molar-refractivity contribution in [2.75, 3.05) is 58.9 Å². The Kier molecular flexibility index (Phi) is 14.4. The second kappa shape index (κ2) is 20.6. The van der Waals surface area contributed by atoms with Crippen LogP contribution in [0.2, 0.25) is 0 Å². The fourth-order valence-corrected chi connectivity index (χ4v) is 10.8. The van der Waals surface area contributed by atoms with E-state index in [4.69, 9.17) is 9.97 Å². The molecule has 0 spiro atoms. The van der Waals surface area contributed by atoms with E-state index in [-0.39, 0.29) is 71.9 Å². The Labute approximate surface area is 399 Å². The van der Waals surface area contributed by atoms with Crippen LogP contribution < -0.4 is 19.6 Å². The zero-order valence-electron chi connectivity index (χ0n) is 40.1. The highest BCUT2D eigenvalue weighted by molar-refractivity contribution is 5.94. The van der Waals surface area contributed by atoms with Gasteiger partial charge in [0.25, 0.3) is 11.8 Å². The van der Waals surface area contributed by atoms with Gasteiger partial charge in [-0.3, -0.25) is 9.59 Å². The van der Waals surface area contributed by atoms with Gasteiger partial charge in [0, 0.05) is 87.9 Å². The fourth-order valence-electron chi connectivity index (χ4n) is 10.8. The number of aliphatic hydroxyl groups is 2. The molecule has 364 valence electrons. The highest BCUT2D eigenvalue weighted by Crippen LogP contribution is 2.37. The number of rotatable bonds is 10. The second-order valence-corrected chi connectivity index (χ2v) is 20.2. The SMILES string of the molecule is Cc1ccc(N2CCN(c3nccc(C(=O)N(C4CCC(O)CC4)C4CC4)n3)[C@H](C)C2)c(F)c1.Cc1ccc(N2CCN(c3nccc(C(=O)N(C4CCC(O)CC4)C4CC4)n3)[C@H](C)C2)c(F)c1. The third-order valence-electron chi connectivity index (χ3n) is 14.8. The van der Waals surface area contributed by atoms with Crippen LogP contribution in [0.15, 0.2) is 60.9 Å². The number of anilines is 4. The van der Waals surface area contributed by atoms with Crippen LogP contribution in [-0.4, -0.2) is 139 Å². The van der Waals surface area contributed by atoms with Crippen molar-refractivity contribution in [3.05, 3.63) is 95.1 Å². The number of carbonyl (C=O) groups excluding carboxylic acids is 2. The van der Waals surface area contributed by atoms with E-state index in [1.807, 2.05) is 47.9 Å². The number of benzene rings is 2. The van der Waals surface area contributed by atoms with E-state index < -0.39 is 0 Å². The molecule has 2 aliphatic heterocycles. The first-order valence-electron chi connectivity index (χ1n) is 25.0. The minimum Gasteiger partial charge on any atom is -0.393 e. The highest BCUT2D eigenvalue weighted by atomic mass is 19.1. The van der Waals surface area contributed by atoms with Crippen LogP contribution in [0.3, 0.4) is 0 Å². The summed E-state index contributed by atoms with van der Waals surface area (Å²) in [6.45, 7) is 11.9. The van der Waals surface area contributed by atoms with Crippen molar-refractivity contribution < 1.29 is 28.6 Å². The lowest BCUT2D eigenvalue weighted by Crippen LogP contribution is -2.53. The largest absolute Gasteiger partial charge is 0.393 e. The molecule has 14 nitrogen and oxygen atoms in total.